The largest absolute Gasteiger partial charge is 0.195 e. The highest BCUT2D eigenvalue weighted by atomic mass is 32.1. The predicted molar refractivity (Wildman–Crippen MR) is 314 cm³/mol. The van der Waals surface area contributed by atoms with Crippen LogP contribution in [0.1, 0.15) is 179 Å². The Morgan fingerprint density at radius 3 is 1.51 bits per heavy atom. The third kappa shape index (κ3) is 13.5. The van der Waals surface area contributed by atoms with Crippen LogP contribution in [0, 0.1) is 26.3 Å². The van der Waals surface area contributed by atoms with Crippen LogP contribution >= 0.6 is 90.7 Å². The van der Waals surface area contributed by atoms with Crippen molar-refractivity contribution in [1.29, 1.82) is 0 Å². The lowest BCUT2D eigenvalue weighted by Gasteiger charge is -2.07. The summed E-state index contributed by atoms with van der Waals surface area (Å²) < 4.78 is 34.3. The first-order valence-electron chi connectivity index (χ1n) is 26.1. The summed E-state index contributed by atoms with van der Waals surface area (Å²) in [4.78, 5) is 12.5. The van der Waals surface area contributed by atoms with E-state index in [4.69, 9.17) is 0 Å². The second kappa shape index (κ2) is 26.4. The lowest BCUT2D eigenvalue weighted by molar-refractivity contribution is 0.657. The van der Waals surface area contributed by atoms with Gasteiger partial charge in [-0.15, -0.1) is 90.7 Å². The van der Waals surface area contributed by atoms with Gasteiger partial charge in [-0.05, 0) is 166 Å². The van der Waals surface area contributed by atoms with Crippen LogP contribution in [0.4, 0.5) is 8.78 Å². The van der Waals surface area contributed by atoms with E-state index in [2.05, 4.69) is 90.1 Å². The quantitative estimate of drug-likeness (QED) is 0.0474. The molecular formula is C60H70F2S8. The third-order valence-corrected chi connectivity index (χ3v) is 22.9. The molecule has 70 heavy (non-hydrogen) atoms. The summed E-state index contributed by atoms with van der Waals surface area (Å²) in [5.74, 6) is 0. The summed E-state index contributed by atoms with van der Waals surface area (Å²) in [5.41, 5.74) is 8.60. The van der Waals surface area contributed by atoms with Crippen molar-refractivity contribution in [2.75, 3.05) is 0 Å². The minimum atomic E-state index is -0.135. The highest BCUT2D eigenvalue weighted by Crippen LogP contribution is 2.45. The van der Waals surface area contributed by atoms with Crippen molar-refractivity contribution in [3.05, 3.63) is 143 Å². The van der Waals surface area contributed by atoms with Crippen LogP contribution in [0.3, 0.4) is 0 Å². The molecule has 0 saturated carbocycles. The topological polar surface area (TPSA) is 0 Å². The van der Waals surface area contributed by atoms with E-state index in [0.717, 1.165) is 45.2 Å². The molecule has 0 amide bonds. The molecule has 8 aromatic rings. The smallest absolute Gasteiger partial charge is 0.177 e. The van der Waals surface area contributed by atoms with Crippen molar-refractivity contribution in [1.82, 2.24) is 0 Å². The number of hydrogen-bond donors (Lipinski definition) is 0. The summed E-state index contributed by atoms with van der Waals surface area (Å²) >= 11 is 14.1. The van der Waals surface area contributed by atoms with Crippen molar-refractivity contribution in [2.45, 2.75) is 170 Å². The highest BCUT2D eigenvalue weighted by Gasteiger charge is 2.23. The zero-order valence-electron chi connectivity index (χ0n) is 42.1. The van der Waals surface area contributed by atoms with Crippen molar-refractivity contribution in [2.24, 2.45) is 0 Å². The molecule has 0 unspecified atom stereocenters. The maximum Gasteiger partial charge on any atom is 0.177 e. The van der Waals surface area contributed by atoms with Crippen LogP contribution < -0.4 is 9.06 Å². The molecule has 0 spiro atoms. The Kier molecular flexibility index (Phi) is 20.2. The van der Waals surface area contributed by atoms with Crippen molar-refractivity contribution in [3.63, 3.8) is 0 Å². The fraction of sp³-hybridized carbons (Fsp3) is 0.433. The summed E-state index contributed by atoms with van der Waals surface area (Å²) in [6.45, 7) is 13.8. The van der Waals surface area contributed by atoms with Crippen LogP contribution in [0.15, 0.2) is 72.8 Å². The van der Waals surface area contributed by atoms with E-state index in [0.29, 0.717) is 0 Å². The molecule has 0 saturated heterocycles. The van der Waals surface area contributed by atoms with Gasteiger partial charge in [-0.2, -0.15) is 8.78 Å². The van der Waals surface area contributed by atoms with E-state index < -0.39 is 0 Å². The molecular weight excluding hydrogens is 1020 g/mol. The van der Waals surface area contributed by atoms with Gasteiger partial charge >= 0.3 is 0 Å². The monoisotopic (exact) mass is 1080 g/mol. The molecule has 0 aliphatic heterocycles. The fourth-order valence-electron chi connectivity index (χ4n) is 9.49. The number of aryl methyl sites for hydroxylation is 5. The van der Waals surface area contributed by atoms with E-state index in [1.54, 1.807) is 23.5 Å². The number of rotatable bonds is 26. The molecule has 0 nitrogen and oxygen atoms in total. The van der Waals surface area contributed by atoms with Gasteiger partial charge in [0.1, 0.15) is 0 Å². The van der Waals surface area contributed by atoms with Gasteiger partial charge in [0, 0.05) is 72.5 Å². The molecule has 0 bridgehead atoms. The Hall–Kier alpha value is -2.80. The molecule has 0 aromatic carbocycles. The van der Waals surface area contributed by atoms with Gasteiger partial charge in [0.2, 0.25) is 0 Å². The first kappa shape index (κ1) is 53.5. The van der Waals surface area contributed by atoms with Gasteiger partial charge in [-0.1, -0.05) is 105 Å². The van der Waals surface area contributed by atoms with E-state index in [-0.39, 0.29) is 10.3 Å². The normalized spacial score (nSPS) is 13.3. The van der Waals surface area contributed by atoms with Gasteiger partial charge in [0.05, 0.1) is 0 Å². The minimum Gasteiger partial charge on any atom is -0.195 e. The third-order valence-electron chi connectivity index (χ3n) is 13.3. The van der Waals surface area contributed by atoms with E-state index in [9.17, 15) is 8.78 Å². The number of halogens is 2. The molecule has 8 aromatic heterocycles. The van der Waals surface area contributed by atoms with Crippen molar-refractivity contribution in [3.8, 4) is 29.3 Å². The minimum absolute atomic E-state index is 0.135. The van der Waals surface area contributed by atoms with Gasteiger partial charge in [-0.3, -0.25) is 0 Å². The summed E-state index contributed by atoms with van der Waals surface area (Å²) in [5, 5.41) is -0.270. The lowest BCUT2D eigenvalue weighted by atomic mass is 10.0. The lowest BCUT2D eigenvalue weighted by Crippen LogP contribution is -2.05. The molecule has 0 N–H and O–H groups in total. The van der Waals surface area contributed by atoms with Gasteiger partial charge in [-0.25, -0.2) is 0 Å². The van der Waals surface area contributed by atoms with Gasteiger partial charge in [0.15, 0.2) is 10.3 Å². The second-order valence-electron chi connectivity index (χ2n) is 18.9. The Morgan fingerprint density at radius 1 is 0.429 bits per heavy atom. The molecule has 10 heteroatoms. The van der Waals surface area contributed by atoms with Gasteiger partial charge in [0.25, 0.3) is 0 Å². The average molecular weight is 1090 g/mol. The Bertz CT molecular complexity index is 3130. The molecule has 0 radical (unpaired) electrons. The van der Waals surface area contributed by atoms with Crippen molar-refractivity contribution >= 4 is 102 Å². The summed E-state index contributed by atoms with van der Waals surface area (Å²) in [6.07, 6.45) is 24.1. The van der Waals surface area contributed by atoms with Crippen LogP contribution in [-0.2, 0) is 25.7 Å². The summed E-state index contributed by atoms with van der Waals surface area (Å²) in [7, 11) is 0. The zero-order chi connectivity index (χ0) is 49.0. The number of unbranched alkanes of at least 4 members (excludes halogenated alkanes) is 12. The second-order valence-corrected chi connectivity index (χ2v) is 27.5. The standard InChI is InChI=1S/C60H70F2S8/c1-7-11-15-19-23-41-35-39(5)63-58(41)52-38-44(26-22-18-14-10-4)60(70-52)56(50-30-29-47(65-50)49-32-34-55(62)67-49)51-36-43(25-21-17-13-9-3)59(68-51)53-37-42(24-20-16-12-8-2)57(69-53)40(6)45-27-28-46(64-45)48-31-33-54(61)66-48/h27-38H,7-26H2,1-6H3/b56-51-,57-40-,59-53+. The maximum absolute atomic E-state index is 14.6. The Morgan fingerprint density at radius 2 is 0.943 bits per heavy atom. The first-order chi connectivity index (χ1) is 34.2. The predicted octanol–water partition coefficient (Wildman–Crippen LogP) is 21.0. The highest BCUT2D eigenvalue weighted by molar-refractivity contribution is 7.25. The van der Waals surface area contributed by atoms with Crippen LogP contribution in [0.2, 0.25) is 0 Å². The SMILES string of the molecule is CCCCCCc1cc(-c2sc(C)cc2CCCCCC)sc1/C(c1ccc(-c2ccc(F)s2)s1)=c1/cc(CCCCCC)/c(=c2/cc(CCCCCC)/c(=C(\C)c3ccc(-c4ccc(F)s4)s3)s2)s1. The Labute approximate surface area is 448 Å². The molecule has 372 valence electrons. The number of hydrogen-bond acceptors (Lipinski definition) is 8. The van der Waals surface area contributed by atoms with E-state index >= 15 is 0 Å². The molecule has 8 heterocycles. The molecule has 0 fully saturated rings. The van der Waals surface area contributed by atoms with Crippen LogP contribution in [-0.4, -0.2) is 0 Å². The molecule has 0 aliphatic rings. The summed E-state index contributed by atoms with van der Waals surface area (Å²) in [6, 6.07) is 26.2. The van der Waals surface area contributed by atoms with Crippen LogP contribution in [0.25, 0.3) is 40.4 Å². The molecule has 8 rings (SSSR count). The van der Waals surface area contributed by atoms with E-state index in [1.807, 2.05) is 68.8 Å². The molecule has 0 aliphatic carbocycles. The molecule has 0 atom stereocenters. The van der Waals surface area contributed by atoms with Crippen LogP contribution in [0.5, 0.6) is 0 Å². The first-order valence-corrected chi connectivity index (χ1v) is 32.6. The average Bonchev–Trinajstić information content (AvgIpc) is 4.21. The maximum atomic E-state index is 14.6. The van der Waals surface area contributed by atoms with Gasteiger partial charge < -0.3 is 0 Å². The Balaban J connectivity index is 1.37. The van der Waals surface area contributed by atoms with E-state index in [1.165, 1.54) is 206 Å². The van der Waals surface area contributed by atoms with Crippen molar-refractivity contribution < 1.29 is 8.78 Å². The number of thiophene rings is 8. The fourth-order valence-corrected chi connectivity index (χ4v) is 18.6. The zero-order valence-corrected chi connectivity index (χ0v) is 48.6.